The van der Waals surface area contributed by atoms with E-state index in [-0.39, 0.29) is 13.1 Å². The third-order valence-corrected chi connectivity index (χ3v) is 3.74. The number of hydrogen-bond acceptors (Lipinski definition) is 8. The van der Waals surface area contributed by atoms with Gasteiger partial charge >= 0.3 is 11.9 Å². The second kappa shape index (κ2) is 7.06. The second-order valence-electron chi connectivity index (χ2n) is 5.66. The highest BCUT2D eigenvalue weighted by Crippen LogP contribution is 2.21. The van der Waals surface area contributed by atoms with Crippen molar-refractivity contribution in [2.45, 2.75) is 40.8 Å². The average Bonchev–Trinajstić information content (AvgIpc) is 3.04. The molecule has 3 aromatic heterocycles. The van der Waals surface area contributed by atoms with Crippen LogP contribution < -0.4 is 0 Å². The van der Waals surface area contributed by atoms with E-state index in [1.54, 1.807) is 27.7 Å². The smallest absolute Gasteiger partial charge is 0.327 e. The van der Waals surface area contributed by atoms with Gasteiger partial charge in [-0.3, -0.25) is 9.59 Å². The Morgan fingerprint density at radius 2 is 1.23 bits per heavy atom. The van der Waals surface area contributed by atoms with Crippen LogP contribution in [0.4, 0.5) is 0 Å². The maximum Gasteiger partial charge on any atom is 0.327 e. The molecule has 0 bridgehead atoms. The molecule has 0 saturated carbocycles. The molecule has 10 nitrogen and oxygen atoms in total. The van der Waals surface area contributed by atoms with Crippen LogP contribution in [0.15, 0.2) is 0 Å². The van der Waals surface area contributed by atoms with Crippen molar-refractivity contribution < 1.29 is 19.1 Å². The predicted molar refractivity (Wildman–Crippen MR) is 91.4 cm³/mol. The fourth-order valence-corrected chi connectivity index (χ4v) is 2.69. The standard InChI is InChI=1S/C16H20N6O4/c1-5-25-11(23)7-21-15-13(9(3)19-21)17-14-10(4)20-22(16(14)18-15)8-12(24)26-6-2/h5-8H2,1-4H3. The highest BCUT2D eigenvalue weighted by Gasteiger charge is 2.19. The van der Waals surface area contributed by atoms with E-state index in [9.17, 15) is 9.59 Å². The van der Waals surface area contributed by atoms with E-state index in [1.807, 2.05) is 0 Å². The Balaban J connectivity index is 2.09. The van der Waals surface area contributed by atoms with Gasteiger partial charge in [0, 0.05) is 0 Å². The molecule has 0 N–H and O–H groups in total. The lowest BCUT2D eigenvalue weighted by atomic mass is 10.3. The molecule has 3 rings (SSSR count). The Morgan fingerprint density at radius 1 is 0.808 bits per heavy atom. The molecule has 0 fully saturated rings. The summed E-state index contributed by atoms with van der Waals surface area (Å²) in [4.78, 5) is 32.8. The molecule has 3 heterocycles. The molecule has 0 amide bonds. The van der Waals surface area contributed by atoms with Crippen LogP contribution in [0.5, 0.6) is 0 Å². The summed E-state index contributed by atoms with van der Waals surface area (Å²) in [6.07, 6.45) is 0. The first-order valence-electron chi connectivity index (χ1n) is 8.34. The minimum absolute atomic E-state index is 0.0661. The molecule has 0 aromatic carbocycles. The summed E-state index contributed by atoms with van der Waals surface area (Å²) in [5, 5.41) is 8.67. The maximum absolute atomic E-state index is 11.8. The van der Waals surface area contributed by atoms with E-state index < -0.39 is 11.9 Å². The van der Waals surface area contributed by atoms with Gasteiger partial charge in [-0.05, 0) is 27.7 Å². The van der Waals surface area contributed by atoms with Gasteiger partial charge in [-0.1, -0.05) is 0 Å². The number of ether oxygens (including phenoxy) is 2. The van der Waals surface area contributed by atoms with Crippen molar-refractivity contribution in [3.63, 3.8) is 0 Å². The second-order valence-corrected chi connectivity index (χ2v) is 5.66. The fourth-order valence-electron chi connectivity index (χ4n) is 2.69. The summed E-state index contributed by atoms with van der Waals surface area (Å²) in [7, 11) is 0. The predicted octanol–water partition coefficient (Wildman–Crippen LogP) is 0.919. The van der Waals surface area contributed by atoms with Crippen molar-refractivity contribution in [1.29, 1.82) is 0 Å². The molecule has 0 spiro atoms. The van der Waals surface area contributed by atoms with Gasteiger partial charge in [0.1, 0.15) is 24.1 Å². The molecule has 0 atom stereocenters. The number of aromatic nitrogens is 6. The third kappa shape index (κ3) is 3.22. The van der Waals surface area contributed by atoms with Crippen LogP contribution in [0.2, 0.25) is 0 Å². The van der Waals surface area contributed by atoms with Gasteiger partial charge in [-0.25, -0.2) is 19.3 Å². The first-order chi connectivity index (χ1) is 12.4. The summed E-state index contributed by atoms with van der Waals surface area (Å²) in [6, 6.07) is 0. The molecule has 0 aliphatic rings. The molecule has 10 heteroatoms. The van der Waals surface area contributed by atoms with Crippen molar-refractivity contribution in [3.05, 3.63) is 11.4 Å². The molecule has 0 saturated heterocycles. The number of rotatable bonds is 6. The molecule has 26 heavy (non-hydrogen) atoms. The summed E-state index contributed by atoms with van der Waals surface area (Å²) < 4.78 is 12.8. The Labute approximate surface area is 149 Å². The van der Waals surface area contributed by atoms with Crippen molar-refractivity contribution >= 4 is 34.3 Å². The Bertz CT molecular complexity index is 914. The average molecular weight is 360 g/mol. The highest BCUT2D eigenvalue weighted by molar-refractivity contribution is 5.86. The monoisotopic (exact) mass is 360 g/mol. The van der Waals surface area contributed by atoms with Crippen LogP contribution in [0.1, 0.15) is 25.2 Å². The summed E-state index contributed by atoms with van der Waals surface area (Å²) in [5.41, 5.74) is 3.34. The van der Waals surface area contributed by atoms with Crippen molar-refractivity contribution in [2.24, 2.45) is 0 Å². The van der Waals surface area contributed by atoms with Gasteiger partial charge in [-0.15, -0.1) is 0 Å². The Kier molecular flexibility index (Phi) is 4.83. The van der Waals surface area contributed by atoms with Gasteiger partial charge in [0.2, 0.25) is 0 Å². The van der Waals surface area contributed by atoms with Gasteiger partial charge in [0.15, 0.2) is 11.3 Å². The SMILES string of the molecule is CCOC(=O)Cn1nc(C)c2nc3c(C)nn(CC(=O)OCC)c3nc21. The summed E-state index contributed by atoms with van der Waals surface area (Å²) in [6.45, 7) is 7.52. The topological polar surface area (TPSA) is 114 Å². The zero-order chi connectivity index (χ0) is 18.8. The minimum atomic E-state index is -0.407. The van der Waals surface area contributed by atoms with E-state index in [2.05, 4.69) is 20.2 Å². The van der Waals surface area contributed by atoms with Crippen molar-refractivity contribution in [1.82, 2.24) is 29.5 Å². The van der Waals surface area contributed by atoms with E-state index in [0.29, 0.717) is 46.9 Å². The number of carbonyl (C=O) groups excluding carboxylic acids is 2. The van der Waals surface area contributed by atoms with Gasteiger partial charge in [0.05, 0.1) is 24.6 Å². The van der Waals surface area contributed by atoms with E-state index in [1.165, 1.54) is 9.36 Å². The van der Waals surface area contributed by atoms with Crippen LogP contribution in [0.3, 0.4) is 0 Å². The zero-order valence-electron chi connectivity index (χ0n) is 15.1. The summed E-state index contributed by atoms with van der Waals surface area (Å²) >= 11 is 0. The van der Waals surface area contributed by atoms with E-state index >= 15 is 0 Å². The van der Waals surface area contributed by atoms with Crippen LogP contribution in [0, 0.1) is 13.8 Å². The van der Waals surface area contributed by atoms with Crippen LogP contribution in [-0.2, 0) is 32.2 Å². The molecule has 0 aliphatic heterocycles. The molecule has 0 aliphatic carbocycles. The minimum Gasteiger partial charge on any atom is -0.465 e. The number of esters is 2. The quantitative estimate of drug-likeness (QED) is 0.596. The largest absolute Gasteiger partial charge is 0.465 e. The maximum atomic E-state index is 11.8. The molecule has 3 aromatic rings. The number of fused-ring (bicyclic) bond motifs is 2. The Morgan fingerprint density at radius 3 is 1.62 bits per heavy atom. The number of carbonyl (C=O) groups is 2. The number of aryl methyl sites for hydroxylation is 2. The van der Waals surface area contributed by atoms with Crippen molar-refractivity contribution in [2.75, 3.05) is 13.2 Å². The lowest BCUT2D eigenvalue weighted by Gasteiger charge is -2.04. The van der Waals surface area contributed by atoms with Gasteiger partial charge in [0.25, 0.3) is 0 Å². The molecular formula is C16H20N6O4. The van der Waals surface area contributed by atoms with Crippen LogP contribution in [-0.4, -0.2) is 54.7 Å². The molecular weight excluding hydrogens is 340 g/mol. The van der Waals surface area contributed by atoms with Gasteiger partial charge in [-0.2, -0.15) is 10.2 Å². The number of hydrogen-bond donors (Lipinski definition) is 0. The molecule has 138 valence electrons. The third-order valence-electron chi connectivity index (χ3n) is 3.74. The summed E-state index contributed by atoms with van der Waals surface area (Å²) in [5.74, 6) is -0.815. The highest BCUT2D eigenvalue weighted by atomic mass is 16.5. The van der Waals surface area contributed by atoms with E-state index in [0.717, 1.165) is 0 Å². The van der Waals surface area contributed by atoms with Crippen molar-refractivity contribution in [3.8, 4) is 0 Å². The first-order valence-corrected chi connectivity index (χ1v) is 8.34. The van der Waals surface area contributed by atoms with Gasteiger partial charge < -0.3 is 9.47 Å². The Hall–Kier alpha value is -3.04. The van der Waals surface area contributed by atoms with Crippen LogP contribution >= 0.6 is 0 Å². The molecule has 0 unspecified atom stereocenters. The van der Waals surface area contributed by atoms with Crippen LogP contribution in [0.25, 0.3) is 22.3 Å². The fraction of sp³-hybridized carbons (Fsp3) is 0.500. The zero-order valence-corrected chi connectivity index (χ0v) is 15.1. The normalized spacial score (nSPS) is 11.2. The van der Waals surface area contributed by atoms with E-state index in [4.69, 9.17) is 9.47 Å². The molecule has 0 radical (unpaired) electrons. The lowest BCUT2D eigenvalue weighted by molar-refractivity contribution is -0.144. The lowest BCUT2D eigenvalue weighted by Crippen LogP contribution is -2.16. The first kappa shape index (κ1) is 17.8. The number of nitrogens with zero attached hydrogens (tertiary/aromatic N) is 6.